The molecule has 0 bridgehead atoms. The van der Waals surface area contributed by atoms with Crippen LogP contribution >= 0.6 is 0 Å². The van der Waals surface area contributed by atoms with E-state index >= 15 is 0 Å². The minimum atomic E-state index is -0.136. The Kier molecular flexibility index (Phi) is 5.31. The van der Waals surface area contributed by atoms with Crippen molar-refractivity contribution in [3.63, 3.8) is 0 Å². The van der Waals surface area contributed by atoms with Crippen molar-refractivity contribution in [3.8, 4) is 17.1 Å². The van der Waals surface area contributed by atoms with Crippen LogP contribution in [0.3, 0.4) is 0 Å². The number of nitrogens with zero attached hydrogens (tertiary/aromatic N) is 4. The second-order valence-electron chi connectivity index (χ2n) is 7.35. The molecule has 1 aliphatic heterocycles. The number of phenols is 1. The maximum absolute atomic E-state index is 12.8. The van der Waals surface area contributed by atoms with Crippen LogP contribution < -0.4 is 0 Å². The number of aryl methyl sites for hydroxylation is 1. The molecule has 3 aromatic rings. The number of piperazine rings is 1. The zero-order valence-electron chi connectivity index (χ0n) is 16.6. The van der Waals surface area contributed by atoms with Crippen molar-refractivity contribution in [2.45, 2.75) is 19.9 Å². The van der Waals surface area contributed by atoms with E-state index in [9.17, 15) is 9.90 Å². The van der Waals surface area contributed by atoms with Crippen LogP contribution in [0.4, 0.5) is 0 Å². The largest absolute Gasteiger partial charge is 0.507 e. The first-order chi connectivity index (χ1) is 14.0. The third kappa shape index (κ3) is 4.00. The van der Waals surface area contributed by atoms with Crippen LogP contribution in [0.15, 0.2) is 53.1 Å². The Morgan fingerprint density at radius 1 is 1.10 bits per heavy atom. The van der Waals surface area contributed by atoms with Crippen molar-refractivity contribution < 1.29 is 14.4 Å². The minimum Gasteiger partial charge on any atom is -0.507 e. The van der Waals surface area contributed by atoms with Crippen LogP contribution in [0, 0.1) is 6.92 Å². The van der Waals surface area contributed by atoms with E-state index in [1.165, 1.54) is 0 Å². The van der Waals surface area contributed by atoms with Crippen molar-refractivity contribution in [1.29, 1.82) is 0 Å². The summed E-state index contributed by atoms with van der Waals surface area (Å²) in [5, 5.41) is 14.1. The summed E-state index contributed by atoms with van der Waals surface area (Å²) < 4.78 is 5.49. The van der Waals surface area contributed by atoms with E-state index < -0.39 is 0 Å². The molecule has 1 atom stereocenters. The highest BCUT2D eigenvalue weighted by Gasteiger charge is 2.29. The highest BCUT2D eigenvalue weighted by atomic mass is 16.5. The van der Waals surface area contributed by atoms with Crippen molar-refractivity contribution in [2.75, 3.05) is 26.2 Å². The molecule has 7 nitrogen and oxygen atoms in total. The monoisotopic (exact) mass is 392 g/mol. The van der Waals surface area contributed by atoms with Gasteiger partial charge in [0.05, 0.1) is 11.6 Å². The number of carbonyl (C=O) groups is 1. The molecular weight excluding hydrogens is 368 g/mol. The maximum Gasteiger partial charge on any atom is 0.257 e. The Morgan fingerprint density at radius 2 is 1.83 bits per heavy atom. The zero-order chi connectivity index (χ0) is 20.4. The molecule has 1 saturated heterocycles. The lowest BCUT2D eigenvalue weighted by atomic mass is 10.1. The van der Waals surface area contributed by atoms with E-state index in [1.807, 2.05) is 44.2 Å². The number of aromatic nitrogens is 2. The van der Waals surface area contributed by atoms with Gasteiger partial charge in [0.15, 0.2) is 0 Å². The van der Waals surface area contributed by atoms with Gasteiger partial charge in [0.1, 0.15) is 5.75 Å². The van der Waals surface area contributed by atoms with E-state index in [0.29, 0.717) is 43.5 Å². The smallest absolute Gasteiger partial charge is 0.257 e. The molecule has 2 aromatic carbocycles. The normalized spacial score (nSPS) is 16.0. The van der Waals surface area contributed by atoms with Crippen molar-refractivity contribution in [2.24, 2.45) is 0 Å². The van der Waals surface area contributed by atoms with Gasteiger partial charge in [-0.15, -0.1) is 0 Å². The first-order valence-electron chi connectivity index (χ1n) is 9.75. The standard InChI is InChI=1S/C22H24N4O3/c1-15-8-9-19(27)18(14-15)22(28)26-12-10-25(11-13-26)16(2)21-23-20(24-29-21)17-6-4-3-5-7-17/h3-9,14,16,27H,10-13H2,1-2H3. The molecule has 4 rings (SSSR count). The number of amides is 1. The van der Waals surface area contributed by atoms with Gasteiger partial charge in [0.25, 0.3) is 5.91 Å². The van der Waals surface area contributed by atoms with E-state index in [0.717, 1.165) is 11.1 Å². The molecule has 7 heteroatoms. The number of rotatable bonds is 4. The lowest BCUT2D eigenvalue weighted by Crippen LogP contribution is -2.49. The van der Waals surface area contributed by atoms with Gasteiger partial charge < -0.3 is 14.5 Å². The van der Waals surface area contributed by atoms with E-state index in [4.69, 9.17) is 4.52 Å². The fraction of sp³-hybridized carbons (Fsp3) is 0.318. The summed E-state index contributed by atoms with van der Waals surface area (Å²) in [6.07, 6.45) is 0. The van der Waals surface area contributed by atoms with Gasteiger partial charge in [-0.3, -0.25) is 9.69 Å². The first-order valence-corrected chi connectivity index (χ1v) is 9.75. The van der Waals surface area contributed by atoms with Gasteiger partial charge in [-0.05, 0) is 26.0 Å². The number of phenolic OH excluding ortho intramolecular Hbond substituents is 1. The third-order valence-electron chi connectivity index (χ3n) is 5.36. The molecule has 1 aliphatic rings. The summed E-state index contributed by atoms with van der Waals surface area (Å²) in [5.41, 5.74) is 2.23. The summed E-state index contributed by atoms with van der Waals surface area (Å²) in [6, 6.07) is 14.8. The molecule has 0 radical (unpaired) electrons. The average Bonchev–Trinajstić information content (AvgIpc) is 3.25. The Morgan fingerprint density at radius 3 is 2.55 bits per heavy atom. The number of benzene rings is 2. The minimum absolute atomic E-state index is 0.0238. The summed E-state index contributed by atoms with van der Waals surface area (Å²) in [7, 11) is 0. The van der Waals surface area contributed by atoms with Gasteiger partial charge in [-0.2, -0.15) is 4.98 Å². The van der Waals surface area contributed by atoms with Gasteiger partial charge >= 0.3 is 0 Å². The predicted molar refractivity (Wildman–Crippen MR) is 108 cm³/mol. The number of hydrogen-bond donors (Lipinski definition) is 1. The van der Waals surface area contributed by atoms with Crippen LogP contribution in [0.25, 0.3) is 11.4 Å². The first kappa shape index (κ1) is 19.1. The highest BCUT2D eigenvalue weighted by Crippen LogP contribution is 2.25. The van der Waals surface area contributed by atoms with E-state index in [-0.39, 0.29) is 17.7 Å². The molecule has 1 unspecified atom stereocenters. The number of aromatic hydroxyl groups is 1. The molecule has 1 aromatic heterocycles. The molecular formula is C22H24N4O3. The highest BCUT2D eigenvalue weighted by molar-refractivity contribution is 5.97. The average molecular weight is 392 g/mol. The SMILES string of the molecule is Cc1ccc(O)c(C(=O)N2CCN(C(C)c3nc(-c4ccccc4)no3)CC2)c1. The maximum atomic E-state index is 12.8. The van der Waals surface area contributed by atoms with E-state index in [1.54, 1.807) is 23.1 Å². The second kappa shape index (κ2) is 8.05. The van der Waals surface area contributed by atoms with Gasteiger partial charge in [0.2, 0.25) is 11.7 Å². The topological polar surface area (TPSA) is 82.7 Å². The zero-order valence-corrected chi connectivity index (χ0v) is 16.6. The summed E-state index contributed by atoms with van der Waals surface area (Å²) in [5.74, 6) is 1.04. The van der Waals surface area contributed by atoms with Crippen molar-refractivity contribution in [3.05, 3.63) is 65.5 Å². The number of carbonyl (C=O) groups excluding carboxylic acids is 1. The Hall–Kier alpha value is -3.19. The quantitative estimate of drug-likeness (QED) is 0.734. The lowest BCUT2D eigenvalue weighted by Gasteiger charge is -2.36. The molecule has 1 N–H and O–H groups in total. The van der Waals surface area contributed by atoms with Crippen molar-refractivity contribution >= 4 is 5.91 Å². The van der Waals surface area contributed by atoms with Crippen LogP contribution in [0.2, 0.25) is 0 Å². The molecule has 150 valence electrons. The van der Waals surface area contributed by atoms with Crippen LogP contribution in [-0.2, 0) is 0 Å². The Balaban J connectivity index is 1.40. The van der Waals surface area contributed by atoms with Crippen LogP contribution in [-0.4, -0.2) is 57.1 Å². The summed E-state index contributed by atoms with van der Waals surface area (Å²) >= 11 is 0. The second-order valence-corrected chi connectivity index (χ2v) is 7.35. The Labute approximate surface area is 169 Å². The third-order valence-corrected chi connectivity index (χ3v) is 5.36. The van der Waals surface area contributed by atoms with Gasteiger partial charge in [-0.1, -0.05) is 47.1 Å². The summed E-state index contributed by atoms with van der Waals surface area (Å²) in [6.45, 7) is 6.49. The van der Waals surface area contributed by atoms with Crippen molar-refractivity contribution in [1.82, 2.24) is 19.9 Å². The van der Waals surface area contributed by atoms with Gasteiger partial charge in [0, 0.05) is 31.7 Å². The Bertz CT molecular complexity index is 994. The fourth-order valence-corrected chi connectivity index (χ4v) is 3.57. The number of hydrogen-bond acceptors (Lipinski definition) is 6. The van der Waals surface area contributed by atoms with Gasteiger partial charge in [-0.25, -0.2) is 0 Å². The predicted octanol–water partition coefficient (Wildman–Crippen LogP) is 3.27. The molecule has 0 saturated carbocycles. The molecule has 1 amide bonds. The molecule has 0 spiro atoms. The van der Waals surface area contributed by atoms with E-state index in [2.05, 4.69) is 15.0 Å². The van der Waals surface area contributed by atoms with Crippen LogP contribution in [0.5, 0.6) is 5.75 Å². The lowest BCUT2D eigenvalue weighted by molar-refractivity contribution is 0.0549. The molecule has 1 fully saturated rings. The molecule has 29 heavy (non-hydrogen) atoms. The molecule has 0 aliphatic carbocycles. The summed E-state index contributed by atoms with van der Waals surface area (Å²) in [4.78, 5) is 21.3. The molecule has 2 heterocycles. The fourth-order valence-electron chi connectivity index (χ4n) is 3.57. The van der Waals surface area contributed by atoms with Crippen LogP contribution in [0.1, 0.15) is 34.8 Å².